The van der Waals surface area contributed by atoms with Gasteiger partial charge in [-0.1, -0.05) is 0 Å². The lowest BCUT2D eigenvalue weighted by Gasteiger charge is -2.03. The second kappa shape index (κ2) is 6.85. The summed E-state index contributed by atoms with van der Waals surface area (Å²) in [4.78, 5) is 38.0. The van der Waals surface area contributed by atoms with E-state index in [4.69, 9.17) is 9.84 Å². The summed E-state index contributed by atoms with van der Waals surface area (Å²) in [5, 5.41) is 12.8. The molecule has 9 heteroatoms. The van der Waals surface area contributed by atoms with Gasteiger partial charge in [-0.25, -0.2) is 4.98 Å². The molecule has 0 radical (unpaired) electrons. The number of hydrogen-bond acceptors (Lipinski definition) is 6. The van der Waals surface area contributed by atoms with Gasteiger partial charge in [-0.2, -0.15) is 0 Å². The van der Waals surface area contributed by atoms with Crippen molar-refractivity contribution in [2.45, 2.75) is 6.42 Å². The summed E-state index contributed by atoms with van der Waals surface area (Å²) >= 11 is 1.21. The summed E-state index contributed by atoms with van der Waals surface area (Å²) < 4.78 is 6.30. The van der Waals surface area contributed by atoms with Gasteiger partial charge in [0.05, 0.1) is 19.2 Å². The quantitative estimate of drug-likeness (QED) is 0.777. The first-order valence-corrected chi connectivity index (χ1v) is 7.07. The highest BCUT2D eigenvalue weighted by Crippen LogP contribution is 2.15. The van der Waals surface area contributed by atoms with Crippen molar-refractivity contribution in [1.82, 2.24) is 14.9 Å². The van der Waals surface area contributed by atoms with E-state index in [2.05, 4.69) is 10.3 Å². The number of nitrogens with one attached hydrogen (secondary N) is 1. The normalized spacial score (nSPS) is 10.2. The third-order valence-corrected chi connectivity index (χ3v) is 3.54. The second-order valence-electron chi connectivity index (χ2n) is 4.24. The van der Waals surface area contributed by atoms with Crippen LogP contribution in [0.25, 0.3) is 5.13 Å². The summed E-state index contributed by atoms with van der Waals surface area (Å²) in [5.41, 5.74) is 0.168. The van der Waals surface area contributed by atoms with Gasteiger partial charge >= 0.3 is 5.97 Å². The maximum atomic E-state index is 11.9. The first-order chi connectivity index (χ1) is 10.5. The third kappa shape index (κ3) is 3.92. The van der Waals surface area contributed by atoms with Crippen molar-refractivity contribution >= 4 is 23.2 Å². The van der Waals surface area contributed by atoms with E-state index in [-0.39, 0.29) is 12.0 Å². The summed E-state index contributed by atoms with van der Waals surface area (Å²) in [6.07, 6.45) is 1.49. The summed E-state index contributed by atoms with van der Waals surface area (Å²) in [6.45, 7) is -0.437. The van der Waals surface area contributed by atoms with Crippen LogP contribution in [0.3, 0.4) is 0 Å². The van der Waals surface area contributed by atoms with Crippen LogP contribution >= 0.6 is 11.3 Å². The fourth-order valence-corrected chi connectivity index (χ4v) is 2.45. The monoisotopic (exact) mass is 323 g/mol. The largest absolute Gasteiger partial charge is 0.497 e. The number of aromatic nitrogens is 2. The zero-order chi connectivity index (χ0) is 16.1. The van der Waals surface area contributed by atoms with Crippen molar-refractivity contribution in [3.05, 3.63) is 39.8 Å². The van der Waals surface area contributed by atoms with Gasteiger partial charge in [0.1, 0.15) is 12.3 Å². The molecule has 1 amide bonds. The maximum Gasteiger partial charge on any atom is 0.322 e. The topological polar surface area (TPSA) is 111 Å². The minimum Gasteiger partial charge on any atom is -0.497 e. The number of carboxylic acid groups (broad SMARTS) is 1. The number of thiazole rings is 1. The van der Waals surface area contributed by atoms with E-state index >= 15 is 0 Å². The van der Waals surface area contributed by atoms with Crippen LogP contribution in [0.2, 0.25) is 0 Å². The molecule has 0 aliphatic rings. The van der Waals surface area contributed by atoms with Crippen LogP contribution < -0.4 is 15.6 Å². The van der Waals surface area contributed by atoms with E-state index in [1.165, 1.54) is 35.3 Å². The highest BCUT2D eigenvalue weighted by molar-refractivity contribution is 7.12. The number of aliphatic carboxylic acids is 1. The van der Waals surface area contributed by atoms with E-state index in [0.717, 1.165) is 0 Å². The van der Waals surface area contributed by atoms with Gasteiger partial charge < -0.3 is 15.2 Å². The smallest absolute Gasteiger partial charge is 0.322 e. The van der Waals surface area contributed by atoms with Gasteiger partial charge in [-0.15, -0.1) is 11.3 Å². The van der Waals surface area contributed by atoms with E-state index in [1.807, 2.05) is 0 Å². The van der Waals surface area contributed by atoms with Gasteiger partial charge in [-0.05, 0) is 6.07 Å². The number of hydrogen-bond donors (Lipinski definition) is 2. The average Bonchev–Trinajstić information content (AvgIpc) is 2.93. The molecular formula is C13H13N3O5S. The lowest BCUT2D eigenvalue weighted by molar-refractivity contribution is -0.137. The van der Waals surface area contributed by atoms with Gasteiger partial charge in [0.15, 0.2) is 5.13 Å². The van der Waals surface area contributed by atoms with Gasteiger partial charge in [0.2, 0.25) is 5.91 Å². The third-order valence-electron chi connectivity index (χ3n) is 2.65. The molecule has 116 valence electrons. The molecule has 2 heterocycles. The van der Waals surface area contributed by atoms with Crippen LogP contribution in [0.1, 0.15) is 5.69 Å². The first-order valence-electron chi connectivity index (χ1n) is 6.19. The number of amides is 1. The molecule has 0 aromatic carbocycles. The zero-order valence-corrected chi connectivity index (χ0v) is 12.4. The number of carboxylic acids is 1. The Morgan fingerprint density at radius 3 is 2.91 bits per heavy atom. The van der Waals surface area contributed by atoms with Gasteiger partial charge in [0, 0.05) is 17.6 Å². The van der Waals surface area contributed by atoms with Gasteiger partial charge in [-0.3, -0.25) is 19.0 Å². The summed E-state index contributed by atoms with van der Waals surface area (Å²) in [5.74, 6) is -1.11. The molecule has 0 atom stereocenters. The number of rotatable bonds is 6. The molecule has 2 aromatic rings. The number of ether oxygens (including phenoxy) is 1. The molecule has 0 unspecified atom stereocenters. The molecule has 0 spiro atoms. The second-order valence-corrected chi connectivity index (χ2v) is 5.08. The fourth-order valence-electron chi connectivity index (χ4n) is 1.64. The molecule has 0 bridgehead atoms. The van der Waals surface area contributed by atoms with Crippen molar-refractivity contribution in [3.8, 4) is 10.9 Å². The van der Waals surface area contributed by atoms with Crippen LogP contribution in [0.5, 0.6) is 5.75 Å². The van der Waals surface area contributed by atoms with Crippen LogP contribution in [-0.2, 0) is 16.0 Å². The number of methoxy groups -OCH3 is 1. The molecule has 0 fully saturated rings. The Morgan fingerprint density at radius 2 is 2.27 bits per heavy atom. The Labute approximate surface area is 129 Å². The number of carbonyl (C=O) groups excluding carboxylic acids is 1. The Bertz CT molecular complexity index is 752. The fraction of sp³-hybridized carbons (Fsp3) is 0.231. The van der Waals surface area contributed by atoms with Crippen molar-refractivity contribution in [2.24, 2.45) is 0 Å². The lowest BCUT2D eigenvalue weighted by Crippen LogP contribution is -2.30. The van der Waals surface area contributed by atoms with Crippen molar-refractivity contribution < 1.29 is 19.4 Å². The minimum atomic E-state index is -1.11. The van der Waals surface area contributed by atoms with E-state index in [0.29, 0.717) is 16.6 Å². The number of pyridine rings is 1. The predicted molar refractivity (Wildman–Crippen MR) is 78.6 cm³/mol. The average molecular weight is 323 g/mol. The Kier molecular flexibility index (Phi) is 4.89. The summed E-state index contributed by atoms with van der Waals surface area (Å²) in [7, 11) is 1.47. The van der Waals surface area contributed by atoms with Gasteiger partial charge in [0.25, 0.3) is 5.56 Å². The molecule has 8 nitrogen and oxygen atoms in total. The van der Waals surface area contributed by atoms with Crippen molar-refractivity contribution in [1.29, 1.82) is 0 Å². The number of carbonyl (C=O) groups is 2. The Balaban J connectivity index is 2.10. The van der Waals surface area contributed by atoms with Crippen LogP contribution in [0.15, 0.2) is 28.5 Å². The molecule has 22 heavy (non-hydrogen) atoms. The van der Waals surface area contributed by atoms with Crippen molar-refractivity contribution in [3.63, 3.8) is 0 Å². The van der Waals surface area contributed by atoms with E-state index < -0.39 is 18.4 Å². The molecule has 0 saturated heterocycles. The number of nitrogens with zero attached hydrogens (tertiary/aromatic N) is 2. The molecule has 2 aromatic heterocycles. The molecule has 0 aliphatic heterocycles. The van der Waals surface area contributed by atoms with Crippen LogP contribution in [0.4, 0.5) is 0 Å². The van der Waals surface area contributed by atoms with E-state index in [9.17, 15) is 14.4 Å². The first kappa shape index (κ1) is 15.7. The summed E-state index contributed by atoms with van der Waals surface area (Å²) in [6, 6.07) is 2.96. The van der Waals surface area contributed by atoms with Crippen LogP contribution in [-0.4, -0.2) is 40.2 Å². The molecular weight excluding hydrogens is 310 g/mol. The van der Waals surface area contributed by atoms with Crippen molar-refractivity contribution in [2.75, 3.05) is 13.7 Å². The van der Waals surface area contributed by atoms with Crippen LogP contribution in [0, 0.1) is 0 Å². The lowest BCUT2D eigenvalue weighted by atomic mass is 10.3. The Hall–Kier alpha value is -2.68. The molecule has 0 saturated carbocycles. The minimum absolute atomic E-state index is 0.0469. The predicted octanol–water partition coefficient (Wildman–Crippen LogP) is 0.0459. The molecule has 2 rings (SSSR count). The zero-order valence-electron chi connectivity index (χ0n) is 11.6. The standard InChI is InChI=1S/C13H13N3O5S/c1-21-9-2-3-16(11(18)5-9)13-15-8(7-22-13)4-10(17)14-6-12(19)20/h2-3,5,7H,4,6H2,1H3,(H,14,17)(H,19,20). The maximum absolute atomic E-state index is 11.9. The highest BCUT2D eigenvalue weighted by Gasteiger charge is 2.11. The highest BCUT2D eigenvalue weighted by atomic mass is 32.1. The SMILES string of the molecule is COc1ccn(-c2nc(CC(=O)NCC(=O)O)cs2)c(=O)c1. The molecule has 0 aliphatic carbocycles. The Morgan fingerprint density at radius 1 is 1.50 bits per heavy atom. The van der Waals surface area contributed by atoms with E-state index in [1.54, 1.807) is 11.4 Å². The molecule has 2 N–H and O–H groups in total.